The van der Waals surface area contributed by atoms with Crippen LogP contribution in [-0.2, 0) is 4.79 Å². The minimum atomic E-state index is -0.282. The molecule has 3 heteroatoms. The number of carbonyl (C=O) groups excluding carboxylic acids is 1. The van der Waals surface area contributed by atoms with Crippen LogP contribution >= 0.6 is 0 Å². The van der Waals surface area contributed by atoms with Crippen LogP contribution in [0.25, 0.3) is 0 Å². The van der Waals surface area contributed by atoms with Gasteiger partial charge in [0.1, 0.15) is 6.04 Å². The van der Waals surface area contributed by atoms with Crippen LogP contribution in [0.3, 0.4) is 0 Å². The van der Waals surface area contributed by atoms with Gasteiger partial charge in [0.2, 0.25) is 5.91 Å². The Hall–Kier alpha value is -0.990. The molecule has 0 aromatic heterocycles. The maximum atomic E-state index is 10.3. The van der Waals surface area contributed by atoms with Crippen molar-refractivity contribution in [3.8, 4) is 0 Å². The van der Waals surface area contributed by atoms with Gasteiger partial charge in [0, 0.05) is 0 Å². The highest BCUT2D eigenvalue weighted by atomic mass is 16.1. The van der Waals surface area contributed by atoms with Crippen molar-refractivity contribution in [2.75, 3.05) is 0 Å². The van der Waals surface area contributed by atoms with Gasteiger partial charge in [-0.2, -0.15) is 0 Å². The summed E-state index contributed by atoms with van der Waals surface area (Å²) in [6.45, 7) is 0. The summed E-state index contributed by atoms with van der Waals surface area (Å²) in [5.41, 5.74) is 4.96. The number of primary amides is 1. The summed E-state index contributed by atoms with van der Waals surface area (Å²) in [6.07, 6.45) is 4.36. The number of rotatable bonds is 1. The Morgan fingerprint density at radius 3 is 2.88 bits per heavy atom. The summed E-state index contributed by atoms with van der Waals surface area (Å²) in [4.78, 5) is 10.3. The van der Waals surface area contributed by atoms with Gasteiger partial charge >= 0.3 is 0 Å². The van der Waals surface area contributed by atoms with E-state index in [2.05, 4.69) is 5.32 Å². The summed E-state index contributed by atoms with van der Waals surface area (Å²) in [7, 11) is 0. The van der Waals surface area contributed by atoms with E-state index in [-0.39, 0.29) is 11.9 Å². The Morgan fingerprint density at radius 1 is 1.88 bits per heavy atom. The second-order valence-electron chi connectivity index (χ2n) is 1.76. The SMILES string of the molecule is NC(=O)C1CC=CN1. The summed E-state index contributed by atoms with van der Waals surface area (Å²) >= 11 is 0. The van der Waals surface area contributed by atoms with Crippen molar-refractivity contribution in [2.45, 2.75) is 12.5 Å². The van der Waals surface area contributed by atoms with Crippen LogP contribution in [-0.4, -0.2) is 11.9 Å². The monoisotopic (exact) mass is 112 g/mol. The molecule has 0 saturated carbocycles. The van der Waals surface area contributed by atoms with Crippen molar-refractivity contribution in [1.82, 2.24) is 5.32 Å². The molecule has 1 amide bonds. The Labute approximate surface area is 47.6 Å². The van der Waals surface area contributed by atoms with Crippen molar-refractivity contribution in [2.24, 2.45) is 5.73 Å². The lowest BCUT2D eigenvalue weighted by molar-refractivity contribution is -0.119. The summed E-state index contributed by atoms with van der Waals surface area (Å²) in [5.74, 6) is -0.282. The number of amides is 1. The summed E-state index contributed by atoms with van der Waals surface area (Å²) < 4.78 is 0. The highest BCUT2D eigenvalue weighted by Crippen LogP contribution is 1.98. The van der Waals surface area contributed by atoms with Gasteiger partial charge in [0.15, 0.2) is 0 Å². The molecular formula is C5H8N2O. The minimum Gasteiger partial charge on any atom is -0.380 e. The third kappa shape index (κ3) is 0.804. The molecule has 44 valence electrons. The predicted octanol–water partition coefficient (Wildman–Crippen LogP) is -0.653. The molecule has 1 heterocycles. The first kappa shape index (κ1) is 5.15. The standard InChI is InChI=1S/C5H8N2O/c6-5(8)4-2-1-3-7-4/h1,3-4,7H,2H2,(H2,6,8). The molecule has 0 radical (unpaired) electrons. The average molecular weight is 112 g/mol. The van der Waals surface area contributed by atoms with Crippen LogP contribution in [0.5, 0.6) is 0 Å². The largest absolute Gasteiger partial charge is 0.380 e. The zero-order chi connectivity index (χ0) is 5.98. The van der Waals surface area contributed by atoms with Crippen molar-refractivity contribution < 1.29 is 4.79 Å². The van der Waals surface area contributed by atoms with Crippen LogP contribution < -0.4 is 11.1 Å². The second-order valence-corrected chi connectivity index (χ2v) is 1.76. The van der Waals surface area contributed by atoms with Gasteiger partial charge in [-0.1, -0.05) is 6.08 Å². The fraction of sp³-hybridized carbons (Fsp3) is 0.400. The molecule has 0 spiro atoms. The maximum absolute atomic E-state index is 10.3. The van der Waals surface area contributed by atoms with Gasteiger partial charge in [-0.15, -0.1) is 0 Å². The zero-order valence-corrected chi connectivity index (χ0v) is 4.42. The van der Waals surface area contributed by atoms with Crippen molar-refractivity contribution in [1.29, 1.82) is 0 Å². The lowest BCUT2D eigenvalue weighted by Crippen LogP contribution is -2.35. The molecule has 0 aliphatic carbocycles. The number of hydrogen-bond donors (Lipinski definition) is 2. The summed E-state index contributed by atoms with van der Waals surface area (Å²) in [6, 6.07) is -0.157. The molecule has 8 heavy (non-hydrogen) atoms. The number of nitrogens with two attached hydrogens (primary N) is 1. The van der Waals surface area contributed by atoms with E-state index >= 15 is 0 Å². The topological polar surface area (TPSA) is 55.1 Å². The smallest absolute Gasteiger partial charge is 0.240 e. The fourth-order valence-electron chi connectivity index (χ4n) is 0.655. The fourth-order valence-corrected chi connectivity index (χ4v) is 0.655. The molecule has 0 aromatic carbocycles. The predicted molar refractivity (Wildman–Crippen MR) is 29.9 cm³/mol. The van der Waals surface area contributed by atoms with Gasteiger partial charge < -0.3 is 11.1 Å². The Bertz CT molecular complexity index is 122. The molecule has 0 aromatic rings. The van der Waals surface area contributed by atoms with Crippen LogP contribution in [0.15, 0.2) is 12.3 Å². The molecule has 3 N–H and O–H groups in total. The molecular weight excluding hydrogens is 104 g/mol. The molecule has 1 unspecified atom stereocenters. The van der Waals surface area contributed by atoms with E-state index < -0.39 is 0 Å². The Kier molecular flexibility index (Phi) is 1.20. The molecule has 1 rings (SSSR count). The van der Waals surface area contributed by atoms with Crippen LogP contribution in [0.1, 0.15) is 6.42 Å². The number of hydrogen-bond acceptors (Lipinski definition) is 2. The highest BCUT2D eigenvalue weighted by Gasteiger charge is 2.13. The average Bonchev–Trinajstić information content (AvgIpc) is 2.12. The van der Waals surface area contributed by atoms with Gasteiger partial charge in [-0.3, -0.25) is 4.79 Å². The quantitative estimate of drug-likeness (QED) is 0.473. The summed E-state index contributed by atoms with van der Waals surface area (Å²) in [5, 5.41) is 2.80. The minimum absolute atomic E-state index is 0.157. The van der Waals surface area contributed by atoms with E-state index in [9.17, 15) is 4.79 Å². The van der Waals surface area contributed by atoms with Crippen molar-refractivity contribution >= 4 is 5.91 Å². The molecule has 0 fully saturated rings. The van der Waals surface area contributed by atoms with E-state index in [0.717, 1.165) is 6.42 Å². The highest BCUT2D eigenvalue weighted by molar-refractivity contribution is 5.80. The van der Waals surface area contributed by atoms with Gasteiger partial charge in [0.25, 0.3) is 0 Å². The van der Waals surface area contributed by atoms with E-state index in [0.29, 0.717) is 0 Å². The van der Waals surface area contributed by atoms with E-state index in [1.807, 2.05) is 6.08 Å². The third-order valence-electron chi connectivity index (χ3n) is 1.13. The first-order valence-electron chi connectivity index (χ1n) is 2.51. The number of nitrogens with one attached hydrogen (secondary N) is 1. The lowest BCUT2D eigenvalue weighted by Gasteiger charge is -2.02. The number of carbonyl (C=O) groups is 1. The van der Waals surface area contributed by atoms with E-state index in [1.165, 1.54) is 0 Å². The van der Waals surface area contributed by atoms with Crippen LogP contribution in [0, 0.1) is 0 Å². The van der Waals surface area contributed by atoms with Crippen molar-refractivity contribution in [3.05, 3.63) is 12.3 Å². The van der Waals surface area contributed by atoms with E-state index in [4.69, 9.17) is 5.73 Å². The van der Waals surface area contributed by atoms with Gasteiger partial charge in [-0.25, -0.2) is 0 Å². The molecule has 1 aliphatic heterocycles. The Balaban J connectivity index is 2.41. The normalized spacial score (nSPS) is 25.2. The first-order valence-corrected chi connectivity index (χ1v) is 2.51. The van der Waals surface area contributed by atoms with Gasteiger partial charge in [0.05, 0.1) is 0 Å². The Morgan fingerprint density at radius 2 is 2.62 bits per heavy atom. The van der Waals surface area contributed by atoms with Crippen LogP contribution in [0.2, 0.25) is 0 Å². The zero-order valence-electron chi connectivity index (χ0n) is 4.42. The third-order valence-corrected chi connectivity index (χ3v) is 1.13. The molecule has 3 nitrogen and oxygen atoms in total. The second kappa shape index (κ2) is 1.86. The first-order chi connectivity index (χ1) is 3.80. The molecule has 1 aliphatic rings. The van der Waals surface area contributed by atoms with E-state index in [1.54, 1.807) is 6.20 Å². The maximum Gasteiger partial charge on any atom is 0.240 e. The van der Waals surface area contributed by atoms with Crippen molar-refractivity contribution in [3.63, 3.8) is 0 Å². The van der Waals surface area contributed by atoms with Crippen LogP contribution in [0.4, 0.5) is 0 Å². The molecule has 0 saturated heterocycles. The lowest BCUT2D eigenvalue weighted by atomic mass is 10.2. The van der Waals surface area contributed by atoms with Gasteiger partial charge in [-0.05, 0) is 12.6 Å². The molecule has 1 atom stereocenters. The molecule has 0 bridgehead atoms.